The molecule has 122 valence electrons. The molecule has 2 rings (SSSR count). The lowest BCUT2D eigenvalue weighted by Gasteiger charge is -2.27. The van der Waals surface area contributed by atoms with Gasteiger partial charge in [0.15, 0.2) is 11.5 Å². The van der Waals surface area contributed by atoms with Gasteiger partial charge in [-0.2, -0.15) is 0 Å². The number of Topliss-reactive ketones (excluding diaryl/α,β-unsaturated/α-hetero) is 1. The van der Waals surface area contributed by atoms with E-state index in [1.165, 1.54) is 25.3 Å². The number of aliphatic hydroxyl groups excluding tert-OH is 1. The number of azo groups is 1. The molecule has 1 aromatic carbocycles. The van der Waals surface area contributed by atoms with Crippen LogP contribution >= 0.6 is 0 Å². The molecule has 1 amide bonds. The molecule has 23 heavy (non-hydrogen) atoms. The molecule has 0 spiro atoms. The number of benzene rings is 1. The summed E-state index contributed by atoms with van der Waals surface area (Å²) in [7, 11) is 1.45. The van der Waals surface area contributed by atoms with E-state index in [4.69, 9.17) is 10.5 Å². The van der Waals surface area contributed by atoms with Gasteiger partial charge in [0.25, 0.3) is 0 Å². The first-order valence-electron chi connectivity index (χ1n) is 7.08. The summed E-state index contributed by atoms with van der Waals surface area (Å²) in [6.07, 6.45) is 0.634. The number of hydrogen-bond acceptors (Lipinski definition) is 6. The number of hydrogen-bond donors (Lipinski definition) is 2. The Morgan fingerprint density at radius 1 is 1.30 bits per heavy atom. The summed E-state index contributed by atoms with van der Waals surface area (Å²) in [6, 6.07) is 4.46. The summed E-state index contributed by atoms with van der Waals surface area (Å²) in [6.45, 7) is 3.79. The summed E-state index contributed by atoms with van der Waals surface area (Å²) in [5.74, 6) is -0.586. The van der Waals surface area contributed by atoms with Crippen LogP contribution in [0.3, 0.4) is 0 Å². The van der Waals surface area contributed by atoms with E-state index in [1.807, 2.05) is 13.8 Å². The largest absolute Gasteiger partial charge is 0.510 e. The number of amides is 1. The molecular weight excluding hydrogens is 298 g/mol. The van der Waals surface area contributed by atoms with E-state index < -0.39 is 5.91 Å². The van der Waals surface area contributed by atoms with Gasteiger partial charge in [0, 0.05) is 18.4 Å². The van der Waals surface area contributed by atoms with Gasteiger partial charge in [-0.05, 0) is 23.6 Å². The number of primary amides is 1. The van der Waals surface area contributed by atoms with Crippen LogP contribution in [-0.4, -0.2) is 23.9 Å². The van der Waals surface area contributed by atoms with Gasteiger partial charge in [-0.25, -0.2) is 0 Å². The predicted octanol–water partition coefficient (Wildman–Crippen LogP) is 3.04. The number of methoxy groups -OCH3 is 1. The molecule has 7 nitrogen and oxygen atoms in total. The Balaban J connectivity index is 2.38. The second kappa shape index (κ2) is 6.20. The maximum Gasteiger partial charge on any atom is 0.248 e. The van der Waals surface area contributed by atoms with Crippen molar-refractivity contribution >= 4 is 17.4 Å². The number of rotatable bonds is 4. The molecule has 0 atom stereocenters. The average Bonchev–Trinajstić information content (AvgIpc) is 2.44. The number of carbonyl (C=O) groups is 2. The normalized spacial score (nSPS) is 17.6. The standard InChI is InChI=1S/C16H19N3O4/c1-16(2)7-11(20)14(12(21)8-16)19-18-10-6-9(15(17)22)4-5-13(10)23-3/h4-6,20H,7-8H2,1-3H3,(H2,17,22). The smallest absolute Gasteiger partial charge is 0.248 e. The van der Waals surface area contributed by atoms with Crippen molar-refractivity contribution in [1.82, 2.24) is 0 Å². The summed E-state index contributed by atoms with van der Waals surface area (Å²) in [4.78, 5) is 23.3. The predicted molar refractivity (Wildman–Crippen MR) is 83.7 cm³/mol. The third kappa shape index (κ3) is 3.74. The first-order valence-corrected chi connectivity index (χ1v) is 7.08. The van der Waals surface area contributed by atoms with Gasteiger partial charge in [-0.15, -0.1) is 10.2 Å². The molecular formula is C16H19N3O4. The van der Waals surface area contributed by atoms with E-state index >= 15 is 0 Å². The van der Waals surface area contributed by atoms with Gasteiger partial charge in [0.05, 0.1) is 7.11 Å². The van der Waals surface area contributed by atoms with Crippen LogP contribution in [0.2, 0.25) is 0 Å². The molecule has 0 bridgehead atoms. The average molecular weight is 317 g/mol. The molecule has 1 aliphatic rings. The molecule has 0 saturated carbocycles. The summed E-state index contributed by atoms with van der Waals surface area (Å²) in [5.41, 5.74) is 5.37. The van der Waals surface area contributed by atoms with Crippen molar-refractivity contribution in [2.24, 2.45) is 21.4 Å². The first-order chi connectivity index (χ1) is 10.7. The van der Waals surface area contributed by atoms with E-state index in [9.17, 15) is 14.7 Å². The molecule has 0 unspecified atom stereocenters. The molecule has 0 aliphatic heterocycles. The zero-order valence-electron chi connectivity index (χ0n) is 13.3. The van der Waals surface area contributed by atoms with Gasteiger partial charge >= 0.3 is 0 Å². The third-order valence-corrected chi connectivity index (χ3v) is 3.54. The first kappa shape index (κ1) is 16.7. The molecule has 1 aliphatic carbocycles. The molecule has 0 fully saturated rings. The molecule has 0 saturated heterocycles. The fourth-order valence-electron chi connectivity index (χ4n) is 2.42. The van der Waals surface area contributed by atoms with Crippen molar-refractivity contribution in [3.05, 3.63) is 35.2 Å². The van der Waals surface area contributed by atoms with Gasteiger partial charge in [0.1, 0.15) is 17.2 Å². The molecule has 0 aromatic heterocycles. The fourth-order valence-corrected chi connectivity index (χ4v) is 2.42. The van der Waals surface area contributed by atoms with Gasteiger partial charge in [-0.1, -0.05) is 13.8 Å². The van der Waals surface area contributed by atoms with Gasteiger partial charge in [0.2, 0.25) is 5.91 Å². The number of nitrogens with zero attached hydrogens (tertiary/aromatic N) is 2. The second-order valence-electron chi connectivity index (χ2n) is 6.19. The summed E-state index contributed by atoms with van der Waals surface area (Å²) in [5, 5.41) is 17.8. The van der Waals surface area contributed by atoms with Gasteiger partial charge < -0.3 is 15.6 Å². The number of carbonyl (C=O) groups excluding carboxylic acids is 2. The molecule has 7 heteroatoms. The van der Waals surface area contributed by atoms with Crippen molar-refractivity contribution < 1.29 is 19.4 Å². The van der Waals surface area contributed by atoms with Crippen molar-refractivity contribution in [2.75, 3.05) is 7.11 Å². The van der Waals surface area contributed by atoms with E-state index in [1.54, 1.807) is 0 Å². The Morgan fingerprint density at radius 3 is 2.57 bits per heavy atom. The van der Waals surface area contributed by atoms with Crippen LogP contribution in [0.15, 0.2) is 39.9 Å². The van der Waals surface area contributed by atoms with Crippen LogP contribution in [0.1, 0.15) is 37.0 Å². The summed E-state index contributed by atoms with van der Waals surface area (Å²) >= 11 is 0. The quantitative estimate of drug-likeness (QED) is 0.830. The van der Waals surface area contributed by atoms with Crippen LogP contribution in [-0.2, 0) is 4.79 Å². The molecule has 1 aromatic rings. The maximum absolute atomic E-state index is 12.1. The van der Waals surface area contributed by atoms with Crippen LogP contribution < -0.4 is 10.5 Å². The highest BCUT2D eigenvalue weighted by Crippen LogP contribution is 2.37. The lowest BCUT2D eigenvalue weighted by molar-refractivity contribution is -0.118. The minimum absolute atomic E-state index is 0.0594. The van der Waals surface area contributed by atoms with E-state index in [0.29, 0.717) is 12.2 Å². The Bertz CT molecular complexity index is 720. The second-order valence-corrected chi connectivity index (χ2v) is 6.19. The highest BCUT2D eigenvalue weighted by atomic mass is 16.5. The van der Waals surface area contributed by atoms with Crippen LogP contribution in [0, 0.1) is 5.41 Å². The minimum Gasteiger partial charge on any atom is -0.510 e. The highest BCUT2D eigenvalue weighted by molar-refractivity contribution is 5.97. The Labute approximate surface area is 133 Å². The highest BCUT2D eigenvalue weighted by Gasteiger charge is 2.33. The van der Waals surface area contributed by atoms with Crippen molar-refractivity contribution in [3.8, 4) is 5.75 Å². The lowest BCUT2D eigenvalue weighted by atomic mass is 9.78. The molecule has 3 N–H and O–H groups in total. The molecule has 0 heterocycles. The fraction of sp³-hybridized carbons (Fsp3) is 0.375. The molecule has 0 radical (unpaired) electrons. The number of ether oxygens (including phenoxy) is 1. The third-order valence-electron chi connectivity index (χ3n) is 3.54. The Kier molecular flexibility index (Phi) is 4.49. The Hall–Kier alpha value is -2.70. The van der Waals surface area contributed by atoms with E-state index in [0.717, 1.165) is 0 Å². The van der Waals surface area contributed by atoms with Crippen LogP contribution in [0.25, 0.3) is 0 Å². The van der Waals surface area contributed by atoms with Crippen LogP contribution in [0.4, 0.5) is 5.69 Å². The number of nitrogens with two attached hydrogens (primary N) is 1. The van der Waals surface area contributed by atoms with Crippen molar-refractivity contribution in [1.29, 1.82) is 0 Å². The lowest BCUT2D eigenvalue weighted by Crippen LogP contribution is -2.25. The maximum atomic E-state index is 12.1. The SMILES string of the molecule is COc1ccc(C(N)=O)cc1N=NC1=C(O)CC(C)(C)CC1=O. The number of allylic oxidation sites excluding steroid dienone is 2. The number of ketones is 1. The zero-order valence-corrected chi connectivity index (χ0v) is 13.3. The topological polar surface area (TPSA) is 114 Å². The summed E-state index contributed by atoms with van der Waals surface area (Å²) < 4.78 is 5.14. The van der Waals surface area contributed by atoms with Crippen LogP contribution in [0.5, 0.6) is 5.75 Å². The zero-order chi connectivity index (χ0) is 17.2. The van der Waals surface area contributed by atoms with E-state index in [-0.39, 0.29) is 40.3 Å². The number of aliphatic hydroxyl groups is 1. The minimum atomic E-state index is -0.610. The van der Waals surface area contributed by atoms with Crippen molar-refractivity contribution in [2.45, 2.75) is 26.7 Å². The Morgan fingerprint density at radius 2 is 2.00 bits per heavy atom. The van der Waals surface area contributed by atoms with E-state index in [2.05, 4.69) is 10.2 Å². The monoisotopic (exact) mass is 317 g/mol. The van der Waals surface area contributed by atoms with Crippen molar-refractivity contribution in [3.63, 3.8) is 0 Å². The van der Waals surface area contributed by atoms with Gasteiger partial charge in [-0.3, -0.25) is 9.59 Å².